The van der Waals surface area contributed by atoms with E-state index in [1.54, 1.807) is 30.3 Å². The van der Waals surface area contributed by atoms with Crippen LogP contribution in [-0.2, 0) is 9.84 Å². The molecule has 0 N–H and O–H groups in total. The van der Waals surface area contributed by atoms with Gasteiger partial charge in [-0.3, -0.25) is 0 Å². The predicted octanol–water partition coefficient (Wildman–Crippen LogP) is 4.04. The predicted molar refractivity (Wildman–Crippen MR) is 109 cm³/mol. The van der Waals surface area contributed by atoms with Crippen LogP contribution < -0.4 is 4.46 Å². The number of benzene rings is 3. The minimum atomic E-state index is -3.45. The van der Waals surface area contributed by atoms with Gasteiger partial charge in [0.15, 0.2) is 0 Å². The monoisotopic (exact) mass is 426 g/mol. The third-order valence-corrected chi connectivity index (χ3v) is 7.09. The van der Waals surface area contributed by atoms with Crippen LogP contribution >= 0.6 is 0 Å². The van der Waals surface area contributed by atoms with Crippen LogP contribution in [0, 0.1) is 0 Å². The minimum absolute atomic E-state index is 0.0137. The van der Waals surface area contributed by atoms with Crippen molar-refractivity contribution in [3.05, 3.63) is 113 Å². The fourth-order valence-corrected chi connectivity index (χ4v) is 5.39. The molecule has 0 heterocycles. The van der Waals surface area contributed by atoms with Gasteiger partial charge in [0.05, 0.1) is 0 Å². The molecule has 0 aliphatic rings. The van der Waals surface area contributed by atoms with E-state index < -0.39 is 9.84 Å². The second kappa shape index (κ2) is 8.81. The Bertz CT molecular complexity index is 994. The van der Waals surface area contributed by atoms with E-state index in [1.165, 1.54) is 9.87 Å². The van der Waals surface area contributed by atoms with Crippen molar-refractivity contribution >= 4 is 35.3 Å². The molecule has 0 aliphatic heterocycles. The summed E-state index contributed by atoms with van der Waals surface area (Å²) in [5, 5.41) is 1.31. The quantitative estimate of drug-likeness (QED) is 0.441. The van der Waals surface area contributed by atoms with Crippen LogP contribution in [0.5, 0.6) is 0 Å². The molecule has 26 heavy (non-hydrogen) atoms. The Morgan fingerprint density at radius 2 is 1.27 bits per heavy atom. The van der Waals surface area contributed by atoms with E-state index in [1.807, 2.05) is 60.7 Å². The van der Waals surface area contributed by atoms with Gasteiger partial charge >= 0.3 is 161 Å². The summed E-state index contributed by atoms with van der Waals surface area (Å²) < 4.78 is 27.3. The molecule has 3 aromatic rings. The fourth-order valence-electron chi connectivity index (χ4n) is 2.30. The van der Waals surface area contributed by atoms with Gasteiger partial charge in [0, 0.05) is 0 Å². The van der Waals surface area contributed by atoms with Gasteiger partial charge < -0.3 is 0 Å². The Balaban J connectivity index is 1.92. The second-order valence-corrected chi connectivity index (χ2v) is 9.77. The summed E-state index contributed by atoms with van der Waals surface area (Å²) in [6.07, 6.45) is 3.77. The van der Waals surface area contributed by atoms with Crippen molar-refractivity contribution in [1.82, 2.24) is 0 Å². The first kappa shape index (κ1) is 18.4. The number of sulfone groups is 1. The molecule has 0 fully saturated rings. The summed E-state index contributed by atoms with van der Waals surface area (Å²) in [6, 6.07) is 28.6. The molecule has 0 amide bonds. The van der Waals surface area contributed by atoms with Gasteiger partial charge in [-0.1, -0.05) is 0 Å². The molecule has 130 valence electrons. The Labute approximate surface area is 161 Å². The van der Waals surface area contributed by atoms with Crippen LogP contribution in [0.3, 0.4) is 0 Å². The molecule has 0 aromatic heterocycles. The molecule has 0 aliphatic carbocycles. The van der Waals surface area contributed by atoms with E-state index in [0.29, 0.717) is 4.90 Å². The third kappa shape index (κ3) is 5.30. The molecule has 3 aromatic carbocycles. The normalized spacial score (nSPS) is 12.4. The average Bonchev–Trinajstić information content (AvgIpc) is 2.68. The Kier molecular flexibility index (Phi) is 6.24. The zero-order chi connectivity index (χ0) is 18.2. The molecule has 4 heteroatoms. The van der Waals surface area contributed by atoms with E-state index in [0.717, 1.165) is 10.0 Å². The molecular weight excluding hydrogens is 407 g/mol. The summed E-state index contributed by atoms with van der Waals surface area (Å²) in [5.41, 5.74) is 1.06. The van der Waals surface area contributed by atoms with Gasteiger partial charge in [-0.25, -0.2) is 0 Å². The topological polar surface area (TPSA) is 34.1 Å². The first-order valence-electron chi connectivity index (χ1n) is 8.11. The van der Waals surface area contributed by atoms with Crippen LogP contribution in [0.4, 0.5) is 0 Å². The molecular formula is C22H18O2SSe. The maximum atomic E-state index is 12.5. The van der Waals surface area contributed by atoms with Crippen molar-refractivity contribution in [2.45, 2.75) is 4.90 Å². The first-order valence-corrected chi connectivity index (χ1v) is 11.4. The van der Waals surface area contributed by atoms with Gasteiger partial charge in [0.1, 0.15) is 0 Å². The molecule has 0 saturated carbocycles. The van der Waals surface area contributed by atoms with E-state index in [4.69, 9.17) is 0 Å². The fraction of sp³-hybridized carbons (Fsp3) is 0. The van der Waals surface area contributed by atoms with E-state index >= 15 is 0 Å². The second-order valence-electron chi connectivity index (χ2n) is 5.53. The average molecular weight is 425 g/mol. The van der Waals surface area contributed by atoms with Crippen LogP contribution in [0.2, 0.25) is 0 Å². The van der Waals surface area contributed by atoms with Crippen LogP contribution in [0.1, 0.15) is 5.56 Å². The molecule has 0 radical (unpaired) electrons. The number of allylic oxidation sites excluding steroid dienone is 2. The van der Waals surface area contributed by atoms with Crippen LogP contribution in [0.15, 0.2) is 112 Å². The van der Waals surface area contributed by atoms with E-state index in [2.05, 4.69) is 12.1 Å². The summed E-state index contributed by atoms with van der Waals surface area (Å²) in [6.45, 7) is 0. The van der Waals surface area contributed by atoms with Crippen molar-refractivity contribution in [2.24, 2.45) is 0 Å². The van der Waals surface area contributed by atoms with Crippen LogP contribution in [0.25, 0.3) is 6.08 Å². The Morgan fingerprint density at radius 1 is 0.731 bits per heavy atom. The maximum absolute atomic E-state index is 12.5. The van der Waals surface area contributed by atoms with Gasteiger partial charge in [0.2, 0.25) is 0 Å². The van der Waals surface area contributed by atoms with Gasteiger partial charge in [-0.15, -0.1) is 0 Å². The van der Waals surface area contributed by atoms with E-state index in [9.17, 15) is 8.42 Å². The Morgan fingerprint density at radius 3 is 1.88 bits per heavy atom. The van der Waals surface area contributed by atoms with Crippen molar-refractivity contribution < 1.29 is 8.42 Å². The molecule has 0 atom stereocenters. The first-order chi connectivity index (χ1) is 12.6. The summed E-state index contributed by atoms with van der Waals surface area (Å²) in [7, 11) is -3.45. The molecule has 0 unspecified atom stereocenters. The number of rotatable bonds is 6. The molecule has 3 rings (SSSR count). The van der Waals surface area contributed by atoms with Crippen LogP contribution in [-0.4, -0.2) is 23.4 Å². The van der Waals surface area contributed by atoms with Crippen molar-refractivity contribution in [3.8, 4) is 0 Å². The van der Waals surface area contributed by atoms with Crippen molar-refractivity contribution in [1.29, 1.82) is 0 Å². The summed E-state index contributed by atoms with van der Waals surface area (Å²) in [4.78, 5) is 0.308. The molecule has 0 bridgehead atoms. The van der Waals surface area contributed by atoms with Gasteiger partial charge in [0.25, 0.3) is 0 Å². The SMILES string of the molecule is O=S(=O)(/C=C/C(=C/c1ccccc1)[Se]c1ccccc1)c1ccccc1. The van der Waals surface area contributed by atoms with Crippen molar-refractivity contribution in [2.75, 3.05) is 0 Å². The van der Waals surface area contributed by atoms with Crippen molar-refractivity contribution in [3.63, 3.8) is 0 Å². The summed E-state index contributed by atoms with van der Waals surface area (Å²) in [5.74, 6) is 0. The summed E-state index contributed by atoms with van der Waals surface area (Å²) >= 11 is 0.0137. The third-order valence-electron chi connectivity index (χ3n) is 3.57. The Hall–Kier alpha value is -2.39. The molecule has 2 nitrogen and oxygen atoms in total. The number of hydrogen-bond acceptors (Lipinski definition) is 2. The molecule has 0 spiro atoms. The standard InChI is InChI=1S/C22H18O2SSe/c23-25(24,20-12-6-2-7-13-20)17-16-22(18-19-10-4-1-5-11-19)26-21-14-8-3-9-15-21/h1-18H/b17-16+,22-18-. The number of hydrogen-bond donors (Lipinski definition) is 0. The zero-order valence-electron chi connectivity index (χ0n) is 14.0. The zero-order valence-corrected chi connectivity index (χ0v) is 16.6. The molecule has 0 saturated heterocycles. The van der Waals surface area contributed by atoms with Gasteiger partial charge in [-0.05, 0) is 0 Å². The van der Waals surface area contributed by atoms with E-state index in [-0.39, 0.29) is 15.0 Å². The van der Waals surface area contributed by atoms with Gasteiger partial charge in [-0.2, -0.15) is 0 Å².